The van der Waals surface area contributed by atoms with Gasteiger partial charge in [-0.25, -0.2) is 4.98 Å². The van der Waals surface area contributed by atoms with Crippen LogP contribution in [0.4, 0.5) is 0 Å². The number of nitrogens with zero attached hydrogens (tertiary/aromatic N) is 2. The predicted octanol–water partition coefficient (Wildman–Crippen LogP) is 2.50. The van der Waals surface area contributed by atoms with Gasteiger partial charge in [0.2, 0.25) is 11.7 Å². The molecule has 0 saturated carbocycles. The van der Waals surface area contributed by atoms with E-state index in [-0.39, 0.29) is 11.8 Å². The third-order valence-corrected chi connectivity index (χ3v) is 3.33. The van der Waals surface area contributed by atoms with Crippen LogP contribution in [0.5, 0.6) is 0 Å². The van der Waals surface area contributed by atoms with Gasteiger partial charge in [0.1, 0.15) is 0 Å². The summed E-state index contributed by atoms with van der Waals surface area (Å²) in [4.78, 5) is 19.4. The average Bonchev–Trinajstić information content (AvgIpc) is 2.96. The Kier molecular flexibility index (Phi) is 4.60. The Balaban J connectivity index is 1.89. The van der Waals surface area contributed by atoms with Crippen LogP contribution < -0.4 is 5.32 Å². The Bertz CT molecular complexity index is 494. The molecule has 2 rings (SSSR count). The number of fused-ring (bicyclic) bond motifs is 1. The highest BCUT2D eigenvalue weighted by Gasteiger charge is 2.16. The van der Waals surface area contributed by atoms with Gasteiger partial charge < -0.3 is 10.3 Å². The largest absolute Gasteiger partial charge is 0.350 e. The van der Waals surface area contributed by atoms with Gasteiger partial charge in [-0.05, 0) is 12.8 Å². The maximum atomic E-state index is 12.1. The molecule has 0 radical (unpaired) electrons. The van der Waals surface area contributed by atoms with Gasteiger partial charge in [0, 0.05) is 24.5 Å². The zero-order valence-corrected chi connectivity index (χ0v) is 11.6. The van der Waals surface area contributed by atoms with Crippen molar-refractivity contribution in [3.05, 3.63) is 24.3 Å². The zero-order chi connectivity index (χ0) is 13.7. The minimum Gasteiger partial charge on any atom is -0.350 e. The number of amides is 1. The molecule has 0 aliphatic rings. The molecule has 5 nitrogen and oxygen atoms in total. The third-order valence-electron chi connectivity index (χ3n) is 3.33. The fourth-order valence-corrected chi connectivity index (χ4v) is 2.38. The van der Waals surface area contributed by atoms with Crippen LogP contribution in [0.25, 0.3) is 5.78 Å². The van der Waals surface area contributed by atoms with Gasteiger partial charge in [0.15, 0.2) is 0 Å². The van der Waals surface area contributed by atoms with Gasteiger partial charge in [-0.1, -0.05) is 26.7 Å². The molecule has 0 aromatic carbocycles. The number of imidazole rings is 2. The molecule has 2 N–H and O–H groups in total. The van der Waals surface area contributed by atoms with E-state index in [4.69, 9.17) is 0 Å². The van der Waals surface area contributed by atoms with Crippen molar-refractivity contribution in [2.45, 2.75) is 46.1 Å². The summed E-state index contributed by atoms with van der Waals surface area (Å²) in [6.45, 7) is 4.78. The first-order valence-electron chi connectivity index (χ1n) is 7.02. The van der Waals surface area contributed by atoms with Crippen LogP contribution in [0.15, 0.2) is 18.6 Å². The minimum absolute atomic E-state index is 0.147. The van der Waals surface area contributed by atoms with Crippen molar-refractivity contribution < 1.29 is 4.79 Å². The van der Waals surface area contributed by atoms with Crippen molar-refractivity contribution in [2.75, 3.05) is 0 Å². The number of hydrogen-bond acceptors (Lipinski definition) is 2. The maximum absolute atomic E-state index is 12.1. The van der Waals surface area contributed by atoms with Gasteiger partial charge in [0.05, 0.1) is 12.2 Å². The quantitative estimate of drug-likeness (QED) is 0.805. The fraction of sp³-hybridized carbons (Fsp3) is 0.571. The Morgan fingerprint density at radius 2 is 2.16 bits per heavy atom. The van der Waals surface area contributed by atoms with Crippen molar-refractivity contribution in [1.82, 2.24) is 19.7 Å². The highest BCUT2D eigenvalue weighted by Crippen LogP contribution is 2.13. The van der Waals surface area contributed by atoms with E-state index in [1.54, 1.807) is 6.20 Å². The van der Waals surface area contributed by atoms with Crippen LogP contribution in [-0.4, -0.2) is 20.3 Å². The third kappa shape index (κ3) is 3.36. The molecular weight excluding hydrogens is 240 g/mol. The molecule has 104 valence electrons. The van der Waals surface area contributed by atoms with E-state index in [2.05, 4.69) is 29.1 Å². The number of hydrogen-bond donors (Lipinski definition) is 2. The lowest BCUT2D eigenvalue weighted by molar-refractivity contribution is -0.125. The van der Waals surface area contributed by atoms with Crippen molar-refractivity contribution in [1.29, 1.82) is 0 Å². The molecular formula is C14H22N4O. The van der Waals surface area contributed by atoms with Crippen molar-refractivity contribution in [2.24, 2.45) is 5.92 Å². The Labute approximate surface area is 113 Å². The number of carbonyl (C=O) groups is 1. The molecule has 0 unspecified atom stereocenters. The van der Waals surface area contributed by atoms with Crippen molar-refractivity contribution in [3.8, 4) is 0 Å². The molecule has 0 atom stereocenters. The summed E-state index contributed by atoms with van der Waals surface area (Å²) in [7, 11) is 0. The lowest BCUT2D eigenvalue weighted by Crippen LogP contribution is -2.30. The first kappa shape index (κ1) is 13.6. The molecule has 2 aromatic heterocycles. The van der Waals surface area contributed by atoms with Crippen LogP contribution in [0.3, 0.4) is 0 Å². The van der Waals surface area contributed by atoms with Crippen LogP contribution in [0.2, 0.25) is 0 Å². The number of carbonyl (C=O) groups excluding carboxylic acids is 1. The van der Waals surface area contributed by atoms with Gasteiger partial charge in [-0.15, -0.1) is 0 Å². The highest BCUT2D eigenvalue weighted by atomic mass is 16.1. The Morgan fingerprint density at radius 3 is 2.79 bits per heavy atom. The SMILES string of the molecule is CCCC(CCC)C(=O)NCc1cn2ccnc2[nH]1. The molecule has 1 amide bonds. The van der Waals surface area contributed by atoms with Crippen LogP contribution >= 0.6 is 0 Å². The molecule has 0 aliphatic carbocycles. The Hall–Kier alpha value is -1.78. The van der Waals surface area contributed by atoms with E-state index >= 15 is 0 Å². The maximum Gasteiger partial charge on any atom is 0.223 e. The van der Waals surface area contributed by atoms with Crippen molar-refractivity contribution in [3.63, 3.8) is 0 Å². The summed E-state index contributed by atoms with van der Waals surface area (Å²) in [6, 6.07) is 0. The number of H-pyrrole nitrogens is 1. The summed E-state index contributed by atoms with van der Waals surface area (Å²) in [5.74, 6) is 1.12. The summed E-state index contributed by atoms with van der Waals surface area (Å²) >= 11 is 0. The molecule has 2 heterocycles. The van der Waals surface area contributed by atoms with Crippen LogP contribution in [-0.2, 0) is 11.3 Å². The van der Waals surface area contributed by atoms with E-state index in [1.807, 2.05) is 16.8 Å². The van der Waals surface area contributed by atoms with E-state index in [1.165, 1.54) is 0 Å². The molecule has 0 bridgehead atoms. The van der Waals surface area contributed by atoms with Gasteiger partial charge in [-0.2, -0.15) is 0 Å². The summed E-state index contributed by atoms with van der Waals surface area (Å²) in [6.07, 6.45) is 9.61. The summed E-state index contributed by atoms with van der Waals surface area (Å²) in [5, 5.41) is 3.01. The fourth-order valence-electron chi connectivity index (χ4n) is 2.38. The van der Waals surface area contributed by atoms with Gasteiger partial charge in [-0.3, -0.25) is 9.20 Å². The second-order valence-corrected chi connectivity index (χ2v) is 4.93. The minimum atomic E-state index is 0.147. The standard InChI is InChI=1S/C14H22N4O/c1-3-5-11(6-4-2)13(19)16-9-12-10-18-8-7-15-14(18)17-12/h7-8,10-11H,3-6,9H2,1-2H3,(H,15,17)(H,16,19). The van der Waals surface area contributed by atoms with Gasteiger partial charge in [0.25, 0.3) is 0 Å². The number of rotatable bonds is 7. The van der Waals surface area contributed by atoms with Gasteiger partial charge >= 0.3 is 0 Å². The summed E-state index contributed by atoms with van der Waals surface area (Å²) in [5.41, 5.74) is 0.975. The molecule has 0 saturated heterocycles. The Morgan fingerprint density at radius 1 is 1.42 bits per heavy atom. The normalized spacial score (nSPS) is 11.3. The molecule has 19 heavy (non-hydrogen) atoms. The predicted molar refractivity (Wildman–Crippen MR) is 74.7 cm³/mol. The zero-order valence-electron chi connectivity index (χ0n) is 11.6. The second kappa shape index (κ2) is 6.41. The number of aromatic nitrogens is 3. The van der Waals surface area contributed by atoms with Crippen molar-refractivity contribution >= 4 is 11.7 Å². The van der Waals surface area contributed by atoms with Crippen LogP contribution in [0, 0.1) is 5.92 Å². The monoisotopic (exact) mass is 262 g/mol. The van der Waals surface area contributed by atoms with E-state index in [9.17, 15) is 4.79 Å². The molecule has 0 aliphatic heterocycles. The molecule has 0 spiro atoms. The second-order valence-electron chi connectivity index (χ2n) is 4.93. The first-order chi connectivity index (χ1) is 9.24. The molecule has 2 aromatic rings. The average molecular weight is 262 g/mol. The highest BCUT2D eigenvalue weighted by molar-refractivity contribution is 5.78. The van der Waals surface area contributed by atoms with E-state index in [0.29, 0.717) is 6.54 Å². The lowest BCUT2D eigenvalue weighted by Gasteiger charge is -2.14. The topological polar surface area (TPSA) is 62.2 Å². The van der Waals surface area contributed by atoms with E-state index < -0.39 is 0 Å². The number of aromatic amines is 1. The smallest absolute Gasteiger partial charge is 0.223 e. The summed E-state index contributed by atoms with van der Waals surface area (Å²) < 4.78 is 1.91. The van der Waals surface area contributed by atoms with Crippen LogP contribution in [0.1, 0.15) is 45.2 Å². The first-order valence-corrected chi connectivity index (χ1v) is 7.02. The molecule has 5 heteroatoms. The number of nitrogens with one attached hydrogen (secondary N) is 2. The molecule has 0 fully saturated rings. The lowest BCUT2D eigenvalue weighted by atomic mass is 9.97. The van der Waals surface area contributed by atoms with E-state index in [0.717, 1.165) is 37.2 Å².